The van der Waals surface area contributed by atoms with Gasteiger partial charge in [-0.15, -0.1) is 10.2 Å². The molecule has 0 radical (unpaired) electrons. The summed E-state index contributed by atoms with van der Waals surface area (Å²) in [5.41, 5.74) is 7.86. The molecule has 1 aromatic heterocycles. The average Bonchev–Trinajstić information content (AvgIpc) is 2.91. The Morgan fingerprint density at radius 3 is 2.79 bits per heavy atom. The quantitative estimate of drug-likeness (QED) is 0.862. The molecule has 1 aliphatic rings. The number of para-hydroxylation sites is 1. The van der Waals surface area contributed by atoms with Crippen LogP contribution >= 0.6 is 11.3 Å². The average molecular weight is 276 g/mol. The number of aromatic nitrogens is 2. The molecule has 100 valence electrons. The van der Waals surface area contributed by atoms with Crippen molar-refractivity contribution in [2.24, 2.45) is 0 Å². The van der Waals surface area contributed by atoms with Crippen molar-refractivity contribution < 1.29 is 4.74 Å². The van der Waals surface area contributed by atoms with E-state index >= 15 is 0 Å². The molecule has 0 saturated carbocycles. The number of benzene rings is 1. The van der Waals surface area contributed by atoms with Gasteiger partial charge in [0.1, 0.15) is 5.01 Å². The number of nitrogens with zero attached hydrogens (tertiary/aromatic N) is 3. The lowest BCUT2D eigenvalue weighted by Gasteiger charge is -2.25. The van der Waals surface area contributed by atoms with E-state index in [1.165, 1.54) is 0 Å². The van der Waals surface area contributed by atoms with Gasteiger partial charge in [0.05, 0.1) is 13.2 Å². The number of hydrogen-bond acceptors (Lipinski definition) is 6. The van der Waals surface area contributed by atoms with Crippen LogP contribution in [0.15, 0.2) is 24.3 Å². The van der Waals surface area contributed by atoms with Crippen LogP contribution in [0.4, 0.5) is 10.8 Å². The highest BCUT2D eigenvalue weighted by atomic mass is 32.1. The van der Waals surface area contributed by atoms with Gasteiger partial charge in [0.25, 0.3) is 0 Å². The maximum Gasteiger partial charge on any atom is 0.208 e. The summed E-state index contributed by atoms with van der Waals surface area (Å²) in [6.45, 7) is 3.31. The Kier molecular flexibility index (Phi) is 3.61. The molecule has 0 atom stereocenters. The molecule has 0 spiro atoms. The van der Waals surface area contributed by atoms with Gasteiger partial charge in [0, 0.05) is 25.2 Å². The zero-order valence-electron chi connectivity index (χ0n) is 10.6. The van der Waals surface area contributed by atoms with Crippen molar-refractivity contribution >= 4 is 22.2 Å². The number of morpholine rings is 1. The van der Waals surface area contributed by atoms with E-state index < -0.39 is 0 Å². The summed E-state index contributed by atoms with van der Waals surface area (Å²) in [7, 11) is 0. The Bertz CT molecular complexity index is 551. The highest BCUT2D eigenvalue weighted by molar-refractivity contribution is 7.15. The summed E-state index contributed by atoms with van der Waals surface area (Å²) in [6.07, 6.45) is 0.745. The first-order valence-electron chi connectivity index (χ1n) is 6.31. The summed E-state index contributed by atoms with van der Waals surface area (Å²) >= 11 is 1.64. The number of nitrogens with two attached hydrogens (primary N) is 1. The van der Waals surface area contributed by atoms with Gasteiger partial charge in [-0.2, -0.15) is 0 Å². The zero-order chi connectivity index (χ0) is 13.1. The summed E-state index contributed by atoms with van der Waals surface area (Å²) < 4.78 is 5.34. The van der Waals surface area contributed by atoms with Crippen LogP contribution in [0.25, 0.3) is 0 Å². The topological polar surface area (TPSA) is 64.3 Å². The number of hydrogen-bond donors (Lipinski definition) is 1. The van der Waals surface area contributed by atoms with Crippen molar-refractivity contribution in [3.05, 3.63) is 34.8 Å². The zero-order valence-corrected chi connectivity index (χ0v) is 11.4. The minimum absolute atomic E-state index is 0.745. The highest BCUT2D eigenvalue weighted by Gasteiger charge is 2.16. The fraction of sp³-hybridized carbons (Fsp3) is 0.385. The predicted molar refractivity (Wildman–Crippen MR) is 76.6 cm³/mol. The van der Waals surface area contributed by atoms with Crippen LogP contribution in [-0.4, -0.2) is 36.5 Å². The van der Waals surface area contributed by atoms with Crippen molar-refractivity contribution in [3.8, 4) is 0 Å². The second-order valence-corrected chi connectivity index (χ2v) is 5.49. The third-order valence-electron chi connectivity index (χ3n) is 3.13. The Balaban J connectivity index is 1.73. The van der Waals surface area contributed by atoms with Gasteiger partial charge in [-0.1, -0.05) is 29.5 Å². The summed E-state index contributed by atoms with van der Waals surface area (Å²) in [5, 5.41) is 10.5. The monoisotopic (exact) mass is 276 g/mol. The van der Waals surface area contributed by atoms with Gasteiger partial charge in [-0.05, 0) is 11.6 Å². The first-order valence-corrected chi connectivity index (χ1v) is 7.13. The van der Waals surface area contributed by atoms with Gasteiger partial charge in [-0.25, -0.2) is 0 Å². The van der Waals surface area contributed by atoms with Gasteiger partial charge in [-0.3, -0.25) is 0 Å². The van der Waals surface area contributed by atoms with Crippen LogP contribution < -0.4 is 10.6 Å². The van der Waals surface area contributed by atoms with E-state index in [2.05, 4.69) is 15.1 Å². The van der Waals surface area contributed by atoms with Crippen molar-refractivity contribution in [1.29, 1.82) is 0 Å². The molecule has 2 heterocycles. The van der Waals surface area contributed by atoms with E-state index in [1.807, 2.05) is 24.3 Å². The number of anilines is 2. The number of ether oxygens (including phenoxy) is 1. The lowest BCUT2D eigenvalue weighted by atomic mass is 10.1. The fourth-order valence-electron chi connectivity index (χ4n) is 2.06. The molecule has 6 heteroatoms. The summed E-state index contributed by atoms with van der Waals surface area (Å²) in [5.74, 6) is 0. The van der Waals surface area contributed by atoms with E-state index in [0.717, 1.165) is 54.1 Å². The maximum atomic E-state index is 5.95. The first kappa shape index (κ1) is 12.4. The Morgan fingerprint density at radius 1 is 1.21 bits per heavy atom. The van der Waals surface area contributed by atoms with Crippen LogP contribution in [0, 0.1) is 0 Å². The molecule has 0 bridgehead atoms. The van der Waals surface area contributed by atoms with Crippen molar-refractivity contribution in [2.45, 2.75) is 6.42 Å². The smallest absolute Gasteiger partial charge is 0.208 e. The van der Waals surface area contributed by atoms with Crippen molar-refractivity contribution in [2.75, 3.05) is 36.9 Å². The Morgan fingerprint density at radius 2 is 2.00 bits per heavy atom. The minimum Gasteiger partial charge on any atom is -0.398 e. The molecule has 1 fully saturated rings. The molecule has 2 aromatic rings. The number of rotatable bonds is 3. The van der Waals surface area contributed by atoms with Crippen molar-refractivity contribution in [3.63, 3.8) is 0 Å². The van der Waals surface area contributed by atoms with Gasteiger partial charge in [0.15, 0.2) is 0 Å². The van der Waals surface area contributed by atoms with Gasteiger partial charge < -0.3 is 15.4 Å². The normalized spacial score (nSPS) is 15.7. The van der Waals surface area contributed by atoms with Gasteiger partial charge in [0.2, 0.25) is 5.13 Å². The van der Waals surface area contributed by atoms with E-state index in [0.29, 0.717) is 0 Å². The lowest BCUT2D eigenvalue weighted by molar-refractivity contribution is 0.122. The minimum atomic E-state index is 0.745. The number of nitrogen functional groups attached to an aromatic ring is 1. The molecule has 5 nitrogen and oxygen atoms in total. The molecule has 1 aliphatic heterocycles. The standard InChI is InChI=1S/C13H16N4OS/c14-11-4-2-1-3-10(11)9-12-15-16-13(19-12)17-5-7-18-8-6-17/h1-4H,5-9,14H2. The second-order valence-electron chi connectivity index (χ2n) is 4.45. The molecule has 0 aliphatic carbocycles. The molecular formula is C13H16N4OS. The van der Waals surface area contributed by atoms with Gasteiger partial charge >= 0.3 is 0 Å². The van der Waals surface area contributed by atoms with Crippen LogP contribution in [0.1, 0.15) is 10.6 Å². The maximum absolute atomic E-state index is 5.95. The second kappa shape index (κ2) is 5.54. The van der Waals surface area contributed by atoms with Crippen LogP contribution in [-0.2, 0) is 11.2 Å². The Hall–Kier alpha value is -1.66. The molecule has 1 saturated heterocycles. The van der Waals surface area contributed by atoms with E-state index in [1.54, 1.807) is 11.3 Å². The van der Waals surface area contributed by atoms with Crippen LogP contribution in [0.2, 0.25) is 0 Å². The SMILES string of the molecule is Nc1ccccc1Cc1nnc(N2CCOCC2)s1. The Labute approximate surface area is 116 Å². The lowest BCUT2D eigenvalue weighted by Crippen LogP contribution is -2.36. The largest absolute Gasteiger partial charge is 0.398 e. The van der Waals surface area contributed by atoms with Crippen molar-refractivity contribution in [1.82, 2.24) is 10.2 Å². The third-order valence-corrected chi connectivity index (χ3v) is 4.12. The van der Waals surface area contributed by atoms with E-state index in [9.17, 15) is 0 Å². The third kappa shape index (κ3) is 2.85. The summed E-state index contributed by atoms with van der Waals surface area (Å²) in [4.78, 5) is 2.22. The predicted octanol–water partition coefficient (Wildman–Crippen LogP) is 1.55. The fourth-order valence-corrected chi connectivity index (χ4v) is 2.97. The van der Waals surface area contributed by atoms with Crippen LogP contribution in [0.5, 0.6) is 0 Å². The molecule has 1 aromatic carbocycles. The molecule has 2 N–H and O–H groups in total. The molecule has 0 amide bonds. The molecule has 3 rings (SSSR count). The van der Waals surface area contributed by atoms with E-state index in [4.69, 9.17) is 10.5 Å². The molecule has 0 unspecified atom stereocenters. The molecule has 19 heavy (non-hydrogen) atoms. The highest BCUT2D eigenvalue weighted by Crippen LogP contribution is 2.24. The summed E-state index contributed by atoms with van der Waals surface area (Å²) in [6, 6.07) is 7.89. The first-order chi connectivity index (χ1) is 9.33. The van der Waals surface area contributed by atoms with E-state index in [-0.39, 0.29) is 0 Å². The van der Waals surface area contributed by atoms with Crippen LogP contribution in [0.3, 0.4) is 0 Å². The molecular weight excluding hydrogens is 260 g/mol.